The number of benzene rings is 1. The minimum absolute atomic E-state index is 0.106. The van der Waals surface area contributed by atoms with Gasteiger partial charge in [-0.05, 0) is 42.5 Å². The largest absolute Gasteiger partial charge is 0.448 e. The van der Waals surface area contributed by atoms with Crippen molar-refractivity contribution in [1.29, 1.82) is 0 Å². The number of alkyl halides is 2. The Hall–Kier alpha value is -1.86. The molecule has 1 atom stereocenters. The van der Waals surface area contributed by atoms with Gasteiger partial charge in [-0.2, -0.15) is 0 Å². The maximum absolute atomic E-state index is 12.9. The predicted octanol–water partition coefficient (Wildman–Crippen LogP) is 4.85. The maximum Gasteiger partial charge on any atom is 0.410 e. The number of aromatic amines is 1. The summed E-state index contributed by atoms with van der Waals surface area (Å²) in [5.41, 5.74) is 3.27. The lowest BCUT2D eigenvalue weighted by Gasteiger charge is -2.39. The number of ether oxygens (including phenoxy) is 1. The van der Waals surface area contributed by atoms with E-state index in [1.807, 2.05) is 18.2 Å². The SMILES string of the molecule is CC(C)CC1c2[nH]c3ccc(Cl)cc3c2CCN1C(=O)OCCN1CC(F)(F)C1. The van der Waals surface area contributed by atoms with Gasteiger partial charge in [0.2, 0.25) is 0 Å². The van der Waals surface area contributed by atoms with Crippen LogP contribution in [0.1, 0.15) is 37.6 Å². The summed E-state index contributed by atoms with van der Waals surface area (Å²) < 4.78 is 31.3. The molecule has 158 valence electrons. The van der Waals surface area contributed by atoms with Crippen molar-refractivity contribution in [2.24, 2.45) is 5.92 Å². The van der Waals surface area contributed by atoms with Crippen LogP contribution in [0.5, 0.6) is 0 Å². The molecule has 0 radical (unpaired) electrons. The Kier molecular flexibility index (Phi) is 5.46. The molecule has 1 aromatic heterocycles. The third-order valence-electron chi connectivity index (χ3n) is 5.69. The summed E-state index contributed by atoms with van der Waals surface area (Å²) in [5.74, 6) is -2.21. The summed E-state index contributed by atoms with van der Waals surface area (Å²) in [4.78, 5) is 19.6. The molecule has 2 aliphatic heterocycles. The van der Waals surface area contributed by atoms with E-state index in [2.05, 4.69) is 18.8 Å². The average Bonchev–Trinajstić information content (AvgIpc) is 2.98. The Balaban J connectivity index is 1.48. The minimum atomic E-state index is -2.60. The topological polar surface area (TPSA) is 48.6 Å². The quantitative estimate of drug-likeness (QED) is 0.744. The second kappa shape index (κ2) is 7.76. The number of halogens is 3. The first kappa shape index (κ1) is 20.4. The van der Waals surface area contributed by atoms with Gasteiger partial charge in [-0.15, -0.1) is 0 Å². The number of nitrogens with zero attached hydrogens (tertiary/aromatic N) is 2. The van der Waals surface area contributed by atoms with E-state index >= 15 is 0 Å². The standard InChI is InChI=1S/C21H26ClF2N3O2/c1-13(2)9-18-19-15(16-10-14(22)3-4-17(16)25-19)5-6-27(18)20(28)29-8-7-26-11-21(23,24)12-26/h3-4,10,13,18,25H,5-9,11-12H2,1-2H3. The van der Waals surface area contributed by atoms with Crippen LogP contribution in [0, 0.1) is 5.92 Å². The third-order valence-corrected chi connectivity index (χ3v) is 5.92. The van der Waals surface area contributed by atoms with Crippen LogP contribution in [-0.4, -0.2) is 59.6 Å². The third kappa shape index (κ3) is 4.21. The first-order valence-electron chi connectivity index (χ1n) is 10.1. The maximum atomic E-state index is 12.9. The van der Waals surface area contributed by atoms with Crippen LogP contribution in [0.3, 0.4) is 0 Å². The van der Waals surface area contributed by atoms with E-state index in [0.29, 0.717) is 24.0 Å². The number of carbonyl (C=O) groups is 1. The zero-order chi connectivity index (χ0) is 20.8. The van der Waals surface area contributed by atoms with Gasteiger partial charge in [0.1, 0.15) is 6.61 Å². The van der Waals surface area contributed by atoms with Crippen molar-refractivity contribution in [2.75, 3.05) is 32.8 Å². The van der Waals surface area contributed by atoms with E-state index in [-0.39, 0.29) is 31.8 Å². The van der Waals surface area contributed by atoms with Crippen LogP contribution in [0.4, 0.5) is 13.6 Å². The highest BCUT2D eigenvalue weighted by atomic mass is 35.5. The highest BCUT2D eigenvalue weighted by Gasteiger charge is 2.43. The Morgan fingerprint density at radius 1 is 1.38 bits per heavy atom. The molecule has 0 spiro atoms. The number of likely N-dealkylation sites (tertiary alicyclic amines) is 1. The van der Waals surface area contributed by atoms with Crippen LogP contribution in [0.25, 0.3) is 10.9 Å². The molecule has 0 saturated carbocycles. The van der Waals surface area contributed by atoms with Crippen LogP contribution < -0.4 is 0 Å². The number of fused-ring (bicyclic) bond motifs is 3. The second-order valence-corrected chi connectivity index (χ2v) is 8.91. The van der Waals surface area contributed by atoms with Gasteiger partial charge in [0.25, 0.3) is 5.92 Å². The van der Waals surface area contributed by atoms with Gasteiger partial charge in [-0.25, -0.2) is 13.6 Å². The molecule has 1 amide bonds. The fourth-order valence-corrected chi connectivity index (χ4v) is 4.53. The van der Waals surface area contributed by atoms with Gasteiger partial charge < -0.3 is 9.72 Å². The monoisotopic (exact) mass is 425 g/mol. The molecule has 1 saturated heterocycles. The molecule has 1 N–H and O–H groups in total. The van der Waals surface area contributed by atoms with Crippen molar-refractivity contribution in [3.05, 3.63) is 34.5 Å². The van der Waals surface area contributed by atoms with Gasteiger partial charge >= 0.3 is 6.09 Å². The van der Waals surface area contributed by atoms with Crippen molar-refractivity contribution in [3.8, 4) is 0 Å². The molecule has 1 unspecified atom stereocenters. The molecule has 1 aromatic carbocycles. The number of nitrogens with one attached hydrogen (secondary N) is 1. The lowest BCUT2D eigenvalue weighted by atomic mass is 9.92. The van der Waals surface area contributed by atoms with Crippen molar-refractivity contribution in [2.45, 2.75) is 38.7 Å². The lowest BCUT2D eigenvalue weighted by molar-refractivity contribution is -0.133. The van der Waals surface area contributed by atoms with Crippen molar-refractivity contribution >= 4 is 28.6 Å². The molecule has 2 aromatic rings. The number of amides is 1. The highest BCUT2D eigenvalue weighted by molar-refractivity contribution is 6.31. The summed E-state index contributed by atoms with van der Waals surface area (Å²) >= 11 is 6.19. The number of hydrogen-bond donors (Lipinski definition) is 1. The Labute approximate surface area is 173 Å². The summed E-state index contributed by atoms with van der Waals surface area (Å²) in [7, 11) is 0. The molecule has 3 heterocycles. The number of hydrogen-bond acceptors (Lipinski definition) is 3. The van der Waals surface area contributed by atoms with E-state index in [1.165, 1.54) is 5.56 Å². The van der Waals surface area contributed by atoms with Gasteiger partial charge in [-0.1, -0.05) is 25.4 Å². The Morgan fingerprint density at radius 3 is 2.83 bits per heavy atom. The van der Waals surface area contributed by atoms with E-state index in [9.17, 15) is 13.6 Å². The normalized spacial score (nSPS) is 21.3. The summed E-state index contributed by atoms with van der Waals surface area (Å²) in [6, 6.07) is 5.68. The van der Waals surface area contributed by atoms with Crippen LogP contribution >= 0.6 is 11.6 Å². The zero-order valence-electron chi connectivity index (χ0n) is 16.7. The van der Waals surface area contributed by atoms with E-state index in [0.717, 1.165) is 29.4 Å². The van der Waals surface area contributed by atoms with E-state index < -0.39 is 5.92 Å². The second-order valence-electron chi connectivity index (χ2n) is 8.48. The summed E-state index contributed by atoms with van der Waals surface area (Å²) in [6.07, 6.45) is 1.14. The molecular formula is C21H26ClF2N3O2. The summed E-state index contributed by atoms with van der Waals surface area (Å²) in [6.45, 7) is 4.75. The smallest absolute Gasteiger partial charge is 0.410 e. The Morgan fingerprint density at radius 2 is 2.14 bits per heavy atom. The molecule has 0 aliphatic carbocycles. The summed E-state index contributed by atoms with van der Waals surface area (Å²) in [5, 5.41) is 1.80. The molecule has 8 heteroatoms. The molecule has 5 nitrogen and oxygen atoms in total. The van der Waals surface area contributed by atoms with Crippen LogP contribution in [0.15, 0.2) is 18.2 Å². The average molecular weight is 426 g/mol. The van der Waals surface area contributed by atoms with Crippen molar-refractivity contribution < 1.29 is 18.3 Å². The van der Waals surface area contributed by atoms with E-state index in [4.69, 9.17) is 16.3 Å². The zero-order valence-corrected chi connectivity index (χ0v) is 17.4. The molecule has 29 heavy (non-hydrogen) atoms. The number of carbonyl (C=O) groups excluding carboxylic acids is 1. The molecule has 4 rings (SSSR count). The minimum Gasteiger partial charge on any atom is -0.448 e. The van der Waals surface area contributed by atoms with Crippen molar-refractivity contribution in [1.82, 2.24) is 14.8 Å². The molecule has 0 bridgehead atoms. The first-order valence-corrected chi connectivity index (χ1v) is 10.4. The van der Waals surface area contributed by atoms with Gasteiger partial charge in [-0.3, -0.25) is 9.80 Å². The lowest BCUT2D eigenvalue weighted by Crippen LogP contribution is -2.57. The van der Waals surface area contributed by atoms with Crippen LogP contribution in [-0.2, 0) is 11.2 Å². The Bertz CT molecular complexity index is 907. The number of aromatic nitrogens is 1. The first-order chi connectivity index (χ1) is 13.7. The van der Waals surface area contributed by atoms with Crippen molar-refractivity contribution in [3.63, 3.8) is 0 Å². The van der Waals surface area contributed by atoms with Gasteiger partial charge in [0, 0.05) is 34.7 Å². The van der Waals surface area contributed by atoms with Gasteiger partial charge in [0.05, 0.1) is 19.1 Å². The molecule has 1 fully saturated rings. The fraction of sp³-hybridized carbons (Fsp3) is 0.571. The predicted molar refractivity (Wildman–Crippen MR) is 109 cm³/mol. The number of rotatable bonds is 5. The molecule has 2 aliphatic rings. The molecular weight excluding hydrogens is 400 g/mol. The van der Waals surface area contributed by atoms with Gasteiger partial charge in [0.15, 0.2) is 0 Å². The number of H-pyrrole nitrogens is 1. The van der Waals surface area contributed by atoms with Crippen LogP contribution in [0.2, 0.25) is 5.02 Å². The van der Waals surface area contributed by atoms with E-state index in [1.54, 1.807) is 9.80 Å². The highest BCUT2D eigenvalue weighted by Crippen LogP contribution is 2.38. The fourth-order valence-electron chi connectivity index (χ4n) is 4.36.